The van der Waals surface area contributed by atoms with Gasteiger partial charge in [-0.1, -0.05) is 0 Å². The zero-order valence-electron chi connectivity index (χ0n) is 12.5. The number of rotatable bonds is 3. The fourth-order valence-electron chi connectivity index (χ4n) is 3.10. The molecule has 0 radical (unpaired) electrons. The summed E-state index contributed by atoms with van der Waals surface area (Å²) in [4.78, 5) is 35.9. The van der Waals surface area contributed by atoms with E-state index in [9.17, 15) is 19.7 Å². The van der Waals surface area contributed by atoms with Gasteiger partial charge >= 0.3 is 5.97 Å². The summed E-state index contributed by atoms with van der Waals surface area (Å²) >= 11 is 0. The highest BCUT2D eigenvalue weighted by Crippen LogP contribution is 2.32. The van der Waals surface area contributed by atoms with Gasteiger partial charge in [-0.15, -0.1) is 0 Å². The minimum absolute atomic E-state index is 0.0715. The van der Waals surface area contributed by atoms with Gasteiger partial charge in [0.05, 0.1) is 4.92 Å². The van der Waals surface area contributed by atoms with Crippen LogP contribution in [-0.4, -0.2) is 45.0 Å². The first kappa shape index (κ1) is 15.0. The third-order valence-electron chi connectivity index (χ3n) is 4.13. The predicted molar refractivity (Wildman–Crippen MR) is 81.5 cm³/mol. The number of hydrogen-bond donors (Lipinski definition) is 1. The smallest absolute Gasteiger partial charge is 0.323 e. The fourth-order valence-corrected chi connectivity index (χ4v) is 3.10. The summed E-state index contributed by atoms with van der Waals surface area (Å²) in [5.41, 5.74) is 1.48. The normalized spacial score (nSPS) is 14.7. The van der Waals surface area contributed by atoms with E-state index in [1.165, 1.54) is 22.8 Å². The molecule has 1 N–H and O–H groups in total. The molecule has 0 atom stereocenters. The van der Waals surface area contributed by atoms with Crippen LogP contribution < -0.4 is 0 Å². The molecule has 120 valence electrons. The fraction of sp³-hybridized carbons (Fsp3) is 0.333. The van der Waals surface area contributed by atoms with Crippen molar-refractivity contribution in [3.8, 4) is 0 Å². The minimum Gasteiger partial charge on any atom is -0.480 e. The number of carbonyl (C=O) groups is 2. The Labute approximate surface area is 131 Å². The number of hydrogen-bond acceptors (Lipinski definition) is 4. The van der Waals surface area contributed by atoms with Crippen LogP contribution in [-0.2, 0) is 17.8 Å². The molecule has 8 heteroatoms. The number of amides is 1. The molecular weight excluding hydrogens is 302 g/mol. The van der Waals surface area contributed by atoms with E-state index in [0.717, 1.165) is 6.42 Å². The molecule has 0 bridgehead atoms. The molecule has 1 aliphatic rings. The summed E-state index contributed by atoms with van der Waals surface area (Å²) in [6.07, 6.45) is 1.31. The van der Waals surface area contributed by atoms with E-state index in [2.05, 4.69) is 0 Å². The monoisotopic (exact) mass is 317 g/mol. The van der Waals surface area contributed by atoms with E-state index in [-0.39, 0.29) is 18.1 Å². The predicted octanol–water partition coefficient (Wildman–Crippen LogP) is 1.65. The molecule has 0 unspecified atom stereocenters. The van der Waals surface area contributed by atoms with Crippen molar-refractivity contribution in [1.82, 2.24) is 9.47 Å². The molecule has 1 aromatic heterocycles. The average Bonchev–Trinajstić information content (AvgIpc) is 2.70. The number of aliphatic carboxylic acids is 1. The number of fused-ring (bicyclic) bond motifs is 3. The molecule has 8 nitrogen and oxygen atoms in total. The second-order valence-corrected chi connectivity index (χ2v) is 5.60. The van der Waals surface area contributed by atoms with Crippen LogP contribution in [0.4, 0.5) is 5.69 Å². The number of non-ortho nitro benzene ring substituents is 1. The molecule has 0 aliphatic carbocycles. The maximum absolute atomic E-state index is 12.6. The molecule has 0 saturated heterocycles. The van der Waals surface area contributed by atoms with Crippen molar-refractivity contribution in [1.29, 1.82) is 0 Å². The Kier molecular flexibility index (Phi) is 3.51. The first-order chi connectivity index (χ1) is 10.9. The van der Waals surface area contributed by atoms with Gasteiger partial charge < -0.3 is 14.6 Å². The summed E-state index contributed by atoms with van der Waals surface area (Å²) in [7, 11) is 1.67. The Morgan fingerprint density at radius 1 is 1.43 bits per heavy atom. The van der Waals surface area contributed by atoms with Gasteiger partial charge in [-0.3, -0.25) is 19.7 Å². The van der Waals surface area contributed by atoms with Gasteiger partial charge in [0.15, 0.2) is 0 Å². The van der Waals surface area contributed by atoms with Gasteiger partial charge in [-0.25, -0.2) is 0 Å². The third kappa shape index (κ3) is 2.41. The largest absolute Gasteiger partial charge is 0.480 e. The number of carboxylic acids is 1. The van der Waals surface area contributed by atoms with Crippen molar-refractivity contribution in [3.05, 3.63) is 39.6 Å². The Balaban J connectivity index is 2.34. The van der Waals surface area contributed by atoms with Crippen LogP contribution >= 0.6 is 0 Å². The maximum atomic E-state index is 12.6. The topological polar surface area (TPSA) is 106 Å². The summed E-state index contributed by atoms with van der Waals surface area (Å²) in [6, 6.07) is 4.26. The third-order valence-corrected chi connectivity index (χ3v) is 4.13. The van der Waals surface area contributed by atoms with E-state index in [4.69, 9.17) is 5.11 Å². The van der Waals surface area contributed by atoms with Crippen molar-refractivity contribution in [2.75, 3.05) is 13.6 Å². The minimum atomic E-state index is -1.07. The van der Waals surface area contributed by atoms with Gasteiger partial charge in [0.25, 0.3) is 11.6 Å². The standard InChI is InChI=1S/C15H15N3O5/c1-16-6-2-3-10-11-7-9(18(22)23)4-5-12(11)17(8-13(19)20)14(10)15(16)21/h4-5,7H,2-3,6,8H2,1H3,(H,19,20). The Bertz CT molecular complexity index is 839. The molecule has 1 aliphatic heterocycles. The van der Waals surface area contributed by atoms with Gasteiger partial charge in [-0.2, -0.15) is 0 Å². The number of benzene rings is 1. The van der Waals surface area contributed by atoms with E-state index >= 15 is 0 Å². The van der Waals surface area contributed by atoms with Crippen LogP contribution in [0.3, 0.4) is 0 Å². The SMILES string of the molecule is CN1CCCc2c(n(CC(=O)O)c3ccc([N+](=O)[O-])cc23)C1=O. The quantitative estimate of drug-likeness (QED) is 0.684. The van der Waals surface area contributed by atoms with E-state index in [0.29, 0.717) is 35.1 Å². The van der Waals surface area contributed by atoms with Crippen LogP contribution in [0.25, 0.3) is 10.9 Å². The van der Waals surface area contributed by atoms with Crippen molar-refractivity contribution >= 4 is 28.5 Å². The van der Waals surface area contributed by atoms with Crippen LogP contribution in [0.1, 0.15) is 22.5 Å². The Morgan fingerprint density at radius 2 is 2.17 bits per heavy atom. The zero-order chi connectivity index (χ0) is 16.7. The number of carboxylic acid groups (broad SMARTS) is 1. The lowest BCUT2D eigenvalue weighted by Crippen LogP contribution is -2.29. The van der Waals surface area contributed by atoms with Crippen LogP contribution in [0.2, 0.25) is 0 Å². The van der Waals surface area contributed by atoms with Crippen LogP contribution in [0.5, 0.6) is 0 Å². The highest BCUT2D eigenvalue weighted by atomic mass is 16.6. The summed E-state index contributed by atoms with van der Waals surface area (Å²) in [6.45, 7) is 0.209. The van der Waals surface area contributed by atoms with Crippen LogP contribution in [0.15, 0.2) is 18.2 Å². The van der Waals surface area contributed by atoms with Crippen molar-refractivity contribution in [2.24, 2.45) is 0 Å². The first-order valence-electron chi connectivity index (χ1n) is 7.17. The lowest BCUT2D eigenvalue weighted by atomic mass is 10.1. The molecule has 23 heavy (non-hydrogen) atoms. The summed E-state index contributed by atoms with van der Waals surface area (Å²) < 4.78 is 1.45. The molecule has 2 aromatic rings. The van der Waals surface area contributed by atoms with Gasteiger partial charge in [0.2, 0.25) is 0 Å². The van der Waals surface area contributed by atoms with Gasteiger partial charge in [-0.05, 0) is 24.5 Å². The zero-order valence-corrected chi connectivity index (χ0v) is 12.5. The Morgan fingerprint density at radius 3 is 2.83 bits per heavy atom. The molecule has 1 aromatic carbocycles. The molecule has 0 fully saturated rings. The second-order valence-electron chi connectivity index (χ2n) is 5.60. The van der Waals surface area contributed by atoms with Crippen molar-refractivity contribution < 1.29 is 19.6 Å². The summed E-state index contributed by atoms with van der Waals surface area (Å²) in [5.74, 6) is -1.32. The number of aromatic nitrogens is 1. The molecule has 0 spiro atoms. The van der Waals surface area contributed by atoms with Gasteiger partial charge in [0, 0.05) is 36.6 Å². The molecule has 2 heterocycles. The molecule has 0 saturated carbocycles. The number of carbonyl (C=O) groups excluding carboxylic acids is 1. The second kappa shape index (κ2) is 5.38. The average molecular weight is 317 g/mol. The Hall–Kier alpha value is -2.90. The first-order valence-corrected chi connectivity index (χ1v) is 7.17. The van der Waals surface area contributed by atoms with E-state index in [1.54, 1.807) is 11.9 Å². The van der Waals surface area contributed by atoms with Crippen LogP contribution in [0, 0.1) is 10.1 Å². The van der Waals surface area contributed by atoms with Crippen molar-refractivity contribution in [2.45, 2.75) is 19.4 Å². The highest BCUT2D eigenvalue weighted by Gasteiger charge is 2.29. The van der Waals surface area contributed by atoms with Gasteiger partial charge in [0.1, 0.15) is 12.2 Å². The highest BCUT2D eigenvalue weighted by molar-refractivity contribution is 6.03. The molecular formula is C15H15N3O5. The lowest BCUT2D eigenvalue weighted by molar-refractivity contribution is -0.384. The summed E-state index contributed by atoms with van der Waals surface area (Å²) in [5, 5.41) is 20.8. The molecule has 1 amide bonds. The van der Waals surface area contributed by atoms with Crippen molar-refractivity contribution in [3.63, 3.8) is 0 Å². The number of aryl methyl sites for hydroxylation is 1. The number of nitro benzene ring substituents is 1. The lowest BCUT2D eigenvalue weighted by Gasteiger charge is -2.15. The van der Waals surface area contributed by atoms with E-state index < -0.39 is 10.9 Å². The molecule has 3 rings (SSSR count). The maximum Gasteiger partial charge on any atom is 0.323 e. The van der Waals surface area contributed by atoms with E-state index in [1.807, 2.05) is 0 Å². The number of nitro groups is 1. The number of nitrogens with zero attached hydrogens (tertiary/aromatic N) is 3.